The summed E-state index contributed by atoms with van der Waals surface area (Å²) in [5.74, 6) is 2.40. The van der Waals surface area contributed by atoms with Crippen molar-refractivity contribution in [2.45, 2.75) is 19.8 Å². The number of nitrogens with zero attached hydrogens (tertiary/aromatic N) is 1. The van der Waals surface area contributed by atoms with Gasteiger partial charge in [-0.25, -0.2) is 0 Å². The molecule has 1 fully saturated rings. The summed E-state index contributed by atoms with van der Waals surface area (Å²) in [6.07, 6.45) is 2.62. The third-order valence-corrected chi connectivity index (χ3v) is 4.33. The molecule has 0 bridgehead atoms. The zero-order valence-corrected chi connectivity index (χ0v) is 12.7. The molecule has 3 N–H and O–H groups in total. The Morgan fingerprint density at radius 3 is 2.57 bits per heavy atom. The second-order valence-electron chi connectivity index (χ2n) is 6.03. The fraction of sp³-hybridized carbons (Fsp3) is 0.625. The number of anilines is 2. The van der Waals surface area contributed by atoms with E-state index in [1.165, 1.54) is 25.9 Å². The average molecular weight is 291 g/mol. The smallest absolute Gasteiger partial charge is 0.163 e. The topological polar surface area (TPSA) is 59.8 Å². The first-order chi connectivity index (χ1) is 10.2. The van der Waals surface area contributed by atoms with Crippen LogP contribution in [0.25, 0.3) is 0 Å². The molecule has 116 valence electrons. The third kappa shape index (κ3) is 3.53. The van der Waals surface area contributed by atoms with Crippen molar-refractivity contribution in [3.05, 3.63) is 12.1 Å². The van der Waals surface area contributed by atoms with Gasteiger partial charge < -0.3 is 25.4 Å². The number of fused-ring (bicyclic) bond motifs is 1. The quantitative estimate of drug-likeness (QED) is 0.833. The summed E-state index contributed by atoms with van der Waals surface area (Å²) >= 11 is 0. The van der Waals surface area contributed by atoms with Crippen LogP contribution in [0.2, 0.25) is 0 Å². The molecule has 5 heteroatoms. The average Bonchev–Trinajstić information content (AvgIpc) is 2.50. The first-order valence-corrected chi connectivity index (χ1v) is 7.88. The number of hydrogen-bond acceptors (Lipinski definition) is 5. The lowest BCUT2D eigenvalue weighted by Gasteiger charge is -2.30. The lowest BCUT2D eigenvalue weighted by molar-refractivity contribution is 0.172. The van der Waals surface area contributed by atoms with Crippen LogP contribution in [0.3, 0.4) is 0 Å². The summed E-state index contributed by atoms with van der Waals surface area (Å²) in [6.45, 7) is 7.90. The summed E-state index contributed by atoms with van der Waals surface area (Å²) < 4.78 is 11.1. The van der Waals surface area contributed by atoms with Crippen LogP contribution in [0.1, 0.15) is 19.8 Å². The molecule has 0 spiro atoms. The number of hydrogen-bond donors (Lipinski definition) is 2. The highest BCUT2D eigenvalue weighted by Gasteiger charge is 2.16. The summed E-state index contributed by atoms with van der Waals surface area (Å²) in [7, 11) is 0. The van der Waals surface area contributed by atoms with E-state index in [2.05, 4.69) is 17.1 Å². The van der Waals surface area contributed by atoms with Crippen molar-refractivity contribution in [2.24, 2.45) is 5.92 Å². The van der Waals surface area contributed by atoms with E-state index in [4.69, 9.17) is 15.2 Å². The Bertz CT molecular complexity index is 485. The van der Waals surface area contributed by atoms with E-state index in [9.17, 15) is 0 Å². The van der Waals surface area contributed by atoms with Gasteiger partial charge in [0.1, 0.15) is 13.2 Å². The van der Waals surface area contributed by atoms with E-state index in [1.807, 2.05) is 12.1 Å². The number of piperidine rings is 1. The summed E-state index contributed by atoms with van der Waals surface area (Å²) in [5, 5.41) is 3.42. The number of nitrogen functional groups attached to an aromatic ring is 1. The molecule has 0 radical (unpaired) electrons. The molecule has 5 nitrogen and oxygen atoms in total. The van der Waals surface area contributed by atoms with Gasteiger partial charge in [0.25, 0.3) is 0 Å². The number of likely N-dealkylation sites (tertiary alicyclic amines) is 1. The van der Waals surface area contributed by atoms with Crippen LogP contribution in [-0.2, 0) is 0 Å². The Balaban J connectivity index is 1.53. The number of benzene rings is 1. The van der Waals surface area contributed by atoms with Crippen molar-refractivity contribution in [1.29, 1.82) is 0 Å². The minimum absolute atomic E-state index is 0.590. The molecule has 1 saturated heterocycles. The molecule has 2 aliphatic rings. The van der Waals surface area contributed by atoms with Gasteiger partial charge in [-0.3, -0.25) is 0 Å². The number of nitrogens with two attached hydrogens (primary N) is 1. The van der Waals surface area contributed by atoms with Crippen molar-refractivity contribution in [3.8, 4) is 11.5 Å². The van der Waals surface area contributed by atoms with E-state index in [-0.39, 0.29) is 0 Å². The summed E-state index contributed by atoms with van der Waals surface area (Å²) in [4.78, 5) is 2.52. The first kappa shape index (κ1) is 14.3. The predicted molar refractivity (Wildman–Crippen MR) is 85.2 cm³/mol. The molecular weight excluding hydrogens is 266 g/mol. The first-order valence-electron chi connectivity index (χ1n) is 7.88. The molecular formula is C16H25N3O2. The highest BCUT2D eigenvalue weighted by molar-refractivity contribution is 5.72. The van der Waals surface area contributed by atoms with Gasteiger partial charge in [-0.05, 0) is 31.8 Å². The van der Waals surface area contributed by atoms with E-state index in [1.54, 1.807) is 0 Å². The summed E-state index contributed by atoms with van der Waals surface area (Å²) in [6, 6.07) is 3.79. The minimum Gasteiger partial charge on any atom is -0.486 e. The molecule has 21 heavy (non-hydrogen) atoms. The van der Waals surface area contributed by atoms with Crippen LogP contribution in [-0.4, -0.2) is 44.3 Å². The maximum absolute atomic E-state index is 6.07. The second-order valence-corrected chi connectivity index (χ2v) is 6.03. The van der Waals surface area contributed by atoms with Crippen molar-refractivity contribution in [1.82, 2.24) is 4.90 Å². The number of ether oxygens (including phenoxy) is 2. The SMILES string of the molecule is CC1CCN(CCNc2cc3c(cc2N)OCCO3)CC1. The van der Waals surface area contributed by atoms with Gasteiger partial charge in [-0.1, -0.05) is 6.92 Å². The zero-order chi connectivity index (χ0) is 14.7. The Labute approximate surface area is 126 Å². The fourth-order valence-corrected chi connectivity index (χ4v) is 2.89. The molecule has 1 aromatic carbocycles. The second kappa shape index (κ2) is 6.43. The van der Waals surface area contributed by atoms with Gasteiger partial charge in [0.2, 0.25) is 0 Å². The van der Waals surface area contributed by atoms with Crippen LogP contribution in [0.4, 0.5) is 11.4 Å². The molecule has 0 aromatic heterocycles. The normalized spacial score (nSPS) is 19.5. The molecule has 0 saturated carbocycles. The fourth-order valence-electron chi connectivity index (χ4n) is 2.89. The van der Waals surface area contributed by atoms with E-state index >= 15 is 0 Å². The lowest BCUT2D eigenvalue weighted by Crippen LogP contribution is -2.36. The molecule has 0 amide bonds. The zero-order valence-electron chi connectivity index (χ0n) is 12.7. The molecule has 1 aromatic rings. The van der Waals surface area contributed by atoms with Crippen LogP contribution in [0.5, 0.6) is 11.5 Å². The van der Waals surface area contributed by atoms with Crippen molar-refractivity contribution in [3.63, 3.8) is 0 Å². The van der Waals surface area contributed by atoms with E-state index in [0.717, 1.165) is 36.2 Å². The van der Waals surface area contributed by atoms with Crippen molar-refractivity contribution in [2.75, 3.05) is 50.4 Å². The molecule has 3 rings (SSSR count). The number of nitrogens with one attached hydrogen (secondary N) is 1. The lowest BCUT2D eigenvalue weighted by atomic mass is 9.99. The summed E-state index contributed by atoms with van der Waals surface area (Å²) in [5.41, 5.74) is 7.72. The molecule has 0 atom stereocenters. The number of rotatable bonds is 4. The molecule has 0 aliphatic carbocycles. The van der Waals surface area contributed by atoms with Gasteiger partial charge in [0.15, 0.2) is 11.5 Å². The Morgan fingerprint density at radius 2 is 1.86 bits per heavy atom. The maximum Gasteiger partial charge on any atom is 0.163 e. The Hall–Kier alpha value is -1.62. The highest BCUT2D eigenvalue weighted by Crippen LogP contribution is 2.36. The minimum atomic E-state index is 0.590. The van der Waals surface area contributed by atoms with Crippen LogP contribution in [0.15, 0.2) is 12.1 Å². The Kier molecular flexibility index (Phi) is 4.39. The third-order valence-electron chi connectivity index (χ3n) is 4.33. The van der Waals surface area contributed by atoms with Crippen molar-refractivity contribution >= 4 is 11.4 Å². The largest absolute Gasteiger partial charge is 0.486 e. The van der Waals surface area contributed by atoms with Gasteiger partial charge in [-0.2, -0.15) is 0 Å². The van der Waals surface area contributed by atoms with Crippen LogP contribution in [0, 0.1) is 5.92 Å². The van der Waals surface area contributed by atoms with Gasteiger partial charge >= 0.3 is 0 Å². The maximum atomic E-state index is 6.07. The predicted octanol–water partition coefficient (Wildman–Crippen LogP) is 2.18. The molecule has 2 aliphatic heterocycles. The monoisotopic (exact) mass is 291 g/mol. The Morgan fingerprint density at radius 1 is 1.19 bits per heavy atom. The van der Waals surface area contributed by atoms with Gasteiger partial charge in [-0.15, -0.1) is 0 Å². The van der Waals surface area contributed by atoms with E-state index in [0.29, 0.717) is 18.9 Å². The molecule has 2 heterocycles. The van der Waals surface area contributed by atoms with Gasteiger partial charge in [0.05, 0.1) is 11.4 Å². The van der Waals surface area contributed by atoms with Gasteiger partial charge in [0, 0.05) is 25.2 Å². The van der Waals surface area contributed by atoms with Crippen molar-refractivity contribution < 1.29 is 9.47 Å². The van der Waals surface area contributed by atoms with Crippen LogP contribution < -0.4 is 20.5 Å². The van der Waals surface area contributed by atoms with E-state index < -0.39 is 0 Å². The van der Waals surface area contributed by atoms with Crippen LogP contribution >= 0.6 is 0 Å². The molecule has 0 unspecified atom stereocenters. The standard InChI is InChI=1S/C16H25N3O2/c1-12-2-5-19(6-3-12)7-4-18-14-11-16-15(10-13(14)17)20-8-9-21-16/h10-12,18H,2-9,17H2,1H3. The highest BCUT2D eigenvalue weighted by atomic mass is 16.6.